The fourth-order valence-corrected chi connectivity index (χ4v) is 6.34. The van der Waals surface area contributed by atoms with Crippen LogP contribution >= 0.6 is 23.2 Å². The summed E-state index contributed by atoms with van der Waals surface area (Å²) < 4.78 is 67.1. The lowest BCUT2D eigenvalue weighted by molar-refractivity contribution is -0.207. The van der Waals surface area contributed by atoms with Gasteiger partial charge in [-0.05, 0) is 49.2 Å². The van der Waals surface area contributed by atoms with Crippen molar-refractivity contribution in [2.45, 2.75) is 43.6 Å². The largest absolute Gasteiger partial charge is 0.416 e. The molecule has 1 aliphatic rings. The quantitative estimate of drug-likeness (QED) is 0.299. The smallest absolute Gasteiger partial charge is 0.382 e. The molecule has 1 saturated carbocycles. The number of aliphatic hydroxyl groups is 1. The molecular formula is C25H23Cl2F3N6O4S. The highest BCUT2D eigenvalue weighted by Gasteiger charge is 2.51. The molecule has 5 rings (SSSR count). The minimum absolute atomic E-state index is 0.0606. The molecule has 1 N–H and O–H groups in total. The van der Waals surface area contributed by atoms with Crippen LogP contribution in [0.25, 0.3) is 17.1 Å². The van der Waals surface area contributed by atoms with Crippen LogP contribution < -0.4 is 5.69 Å². The third kappa shape index (κ3) is 6.20. The molecule has 2 aromatic carbocycles. The topological polar surface area (TPSA) is 125 Å². The van der Waals surface area contributed by atoms with E-state index in [1.54, 1.807) is 24.3 Å². The Bertz CT molecular complexity index is 1760. The Kier molecular flexibility index (Phi) is 7.55. The predicted octanol–water partition coefficient (Wildman–Crippen LogP) is 3.65. The molecule has 1 aliphatic carbocycles. The maximum Gasteiger partial charge on any atom is 0.416 e. The van der Waals surface area contributed by atoms with E-state index in [0.717, 1.165) is 15.5 Å². The van der Waals surface area contributed by atoms with Crippen molar-refractivity contribution in [3.8, 4) is 17.1 Å². The molecule has 4 aromatic rings. The third-order valence-corrected chi connectivity index (χ3v) is 8.30. The van der Waals surface area contributed by atoms with E-state index in [9.17, 15) is 31.5 Å². The normalized spacial score (nSPS) is 15.7. The minimum Gasteiger partial charge on any atom is -0.382 e. The summed E-state index contributed by atoms with van der Waals surface area (Å²) in [5, 5.41) is 19.2. The SMILES string of the molecule is CS(=O)(=O)CC1(c2nc(Cn3nc(-c4ccc(Cl)cc4)n(C[C@H](O)C(F)(F)F)c3=O)nn2-c2ccccc2Cl)CC1. The van der Waals surface area contributed by atoms with Gasteiger partial charge in [-0.1, -0.05) is 35.3 Å². The number of rotatable bonds is 9. The van der Waals surface area contributed by atoms with Crippen LogP contribution in [0.1, 0.15) is 24.5 Å². The fourth-order valence-electron chi connectivity index (χ4n) is 4.57. The molecule has 0 saturated heterocycles. The number of halogens is 5. The van der Waals surface area contributed by atoms with Gasteiger partial charge in [0.05, 0.1) is 23.0 Å². The van der Waals surface area contributed by atoms with Gasteiger partial charge in [-0.2, -0.15) is 13.2 Å². The van der Waals surface area contributed by atoms with Gasteiger partial charge in [-0.15, -0.1) is 10.2 Å². The van der Waals surface area contributed by atoms with E-state index in [-0.39, 0.29) is 23.9 Å². The summed E-state index contributed by atoms with van der Waals surface area (Å²) in [6.07, 6.45) is -5.59. The molecule has 0 unspecified atom stereocenters. The van der Waals surface area contributed by atoms with Crippen LogP contribution in [-0.2, 0) is 28.3 Å². The first-order chi connectivity index (χ1) is 19.2. The van der Waals surface area contributed by atoms with Gasteiger partial charge >= 0.3 is 11.9 Å². The van der Waals surface area contributed by atoms with E-state index in [2.05, 4.69) is 15.2 Å². The third-order valence-electron chi connectivity index (χ3n) is 6.65. The number of nitrogens with zero attached hydrogens (tertiary/aromatic N) is 6. The van der Waals surface area contributed by atoms with Crippen molar-refractivity contribution in [2.24, 2.45) is 0 Å². The zero-order chi connectivity index (χ0) is 29.7. The van der Waals surface area contributed by atoms with Gasteiger partial charge in [-0.3, -0.25) is 4.57 Å². The number of para-hydroxylation sites is 1. The highest BCUT2D eigenvalue weighted by molar-refractivity contribution is 7.90. The standard InChI is InChI=1S/C25H23Cl2F3N6O4S/c1-41(39,40)14-24(10-11-24)22-31-20(32-36(22)18-5-3-2-4-17(18)27)13-35-23(38)34(12-19(37)25(28,29)30)21(33-35)15-6-8-16(26)9-7-15/h2-9,19,37H,10-14H2,1H3/t19-/m0/s1. The van der Waals surface area contributed by atoms with Crippen molar-refractivity contribution < 1.29 is 26.7 Å². The lowest BCUT2D eigenvalue weighted by Gasteiger charge is -2.15. The first-order valence-electron chi connectivity index (χ1n) is 12.2. The van der Waals surface area contributed by atoms with E-state index >= 15 is 0 Å². The molecule has 16 heteroatoms. The summed E-state index contributed by atoms with van der Waals surface area (Å²) in [5.74, 6) is 0.0959. The Balaban J connectivity index is 1.60. The van der Waals surface area contributed by atoms with Crippen molar-refractivity contribution in [2.75, 3.05) is 12.0 Å². The molecule has 0 radical (unpaired) electrons. The summed E-state index contributed by atoms with van der Waals surface area (Å²) in [6.45, 7) is -1.45. The van der Waals surface area contributed by atoms with Crippen molar-refractivity contribution in [1.29, 1.82) is 0 Å². The number of sulfone groups is 1. The Morgan fingerprint density at radius 3 is 2.32 bits per heavy atom. The Morgan fingerprint density at radius 1 is 1.07 bits per heavy atom. The summed E-state index contributed by atoms with van der Waals surface area (Å²) >= 11 is 12.4. The number of hydrogen-bond acceptors (Lipinski definition) is 7. The van der Waals surface area contributed by atoms with E-state index in [0.29, 0.717) is 40.0 Å². The molecule has 0 spiro atoms. The Hall–Kier alpha value is -3.20. The van der Waals surface area contributed by atoms with Gasteiger partial charge in [0.15, 0.2) is 17.8 Å². The van der Waals surface area contributed by atoms with E-state index in [1.165, 1.54) is 28.9 Å². The second kappa shape index (κ2) is 10.6. The number of benzene rings is 2. The van der Waals surface area contributed by atoms with Crippen molar-refractivity contribution in [3.05, 3.63) is 80.7 Å². The molecule has 0 aliphatic heterocycles. The lowest BCUT2D eigenvalue weighted by Crippen LogP contribution is -2.37. The van der Waals surface area contributed by atoms with Crippen molar-refractivity contribution >= 4 is 33.0 Å². The molecule has 218 valence electrons. The van der Waals surface area contributed by atoms with Crippen LogP contribution in [-0.4, -0.2) is 66.9 Å². The van der Waals surface area contributed by atoms with Gasteiger partial charge in [0.2, 0.25) is 0 Å². The van der Waals surface area contributed by atoms with Gasteiger partial charge in [0.25, 0.3) is 0 Å². The second-order valence-corrected chi connectivity index (χ2v) is 13.0. The molecule has 2 aromatic heterocycles. The fraction of sp³-hybridized carbons (Fsp3) is 0.360. The Morgan fingerprint density at radius 2 is 1.73 bits per heavy atom. The van der Waals surface area contributed by atoms with Crippen LogP contribution in [0.3, 0.4) is 0 Å². The molecular weight excluding hydrogens is 608 g/mol. The monoisotopic (exact) mass is 630 g/mol. The van der Waals surface area contributed by atoms with Crippen LogP contribution in [0.4, 0.5) is 13.2 Å². The molecule has 0 bridgehead atoms. The lowest BCUT2D eigenvalue weighted by atomic mass is 10.1. The van der Waals surface area contributed by atoms with E-state index < -0.39 is 39.8 Å². The highest BCUT2D eigenvalue weighted by Crippen LogP contribution is 2.49. The molecule has 1 fully saturated rings. The average molecular weight is 631 g/mol. The van der Waals surface area contributed by atoms with Crippen molar-refractivity contribution in [3.63, 3.8) is 0 Å². The number of aliphatic hydroxyl groups excluding tert-OH is 1. The molecule has 1 atom stereocenters. The maximum atomic E-state index is 13.3. The molecule has 10 nitrogen and oxygen atoms in total. The molecule has 41 heavy (non-hydrogen) atoms. The van der Waals surface area contributed by atoms with E-state index in [1.807, 2.05) is 0 Å². The Labute approximate surface area is 241 Å². The van der Waals surface area contributed by atoms with Gasteiger partial charge < -0.3 is 5.11 Å². The van der Waals surface area contributed by atoms with Crippen LogP contribution in [0.15, 0.2) is 53.3 Å². The summed E-state index contributed by atoms with van der Waals surface area (Å²) in [7, 11) is -3.40. The summed E-state index contributed by atoms with van der Waals surface area (Å²) in [4.78, 5) is 17.9. The minimum atomic E-state index is -4.97. The highest BCUT2D eigenvalue weighted by atomic mass is 35.5. The zero-order valence-electron chi connectivity index (χ0n) is 21.4. The summed E-state index contributed by atoms with van der Waals surface area (Å²) in [6, 6.07) is 12.7. The number of aromatic nitrogens is 6. The van der Waals surface area contributed by atoms with Gasteiger partial charge in [0.1, 0.15) is 22.2 Å². The number of alkyl halides is 3. The van der Waals surface area contributed by atoms with Gasteiger partial charge in [-0.25, -0.2) is 27.6 Å². The predicted molar refractivity (Wildman–Crippen MR) is 145 cm³/mol. The zero-order valence-corrected chi connectivity index (χ0v) is 23.7. The number of hydrogen-bond donors (Lipinski definition) is 1. The van der Waals surface area contributed by atoms with Crippen LogP contribution in [0, 0.1) is 0 Å². The van der Waals surface area contributed by atoms with E-state index in [4.69, 9.17) is 23.2 Å². The first kappa shape index (κ1) is 29.3. The first-order valence-corrected chi connectivity index (χ1v) is 15.1. The average Bonchev–Trinajstić information content (AvgIpc) is 3.41. The molecule has 2 heterocycles. The van der Waals surface area contributed by atoms with Crippen LogP contribution in [0.5, 0.6) is 0 Å². The second-order valence-electron chi connectivity index (χ2n) is 10.0. The van der Waals surface area contributed by atoms with Crippen molar-refractivity contribution in [1.82, 2.24) is 29.1 Å². The summed E-state index contributed by atoms with van der Waals surface area (Å²) in [5.41, 5.74) is -1.02. The van der Waals surface area contributed by atoms with Gasteiger partial charge in [0, 0.05) is 22.3 Å². The maximum absolute atomic E-state index is 13.3. The van der Waals surface area contributed by atoms with Crippen LogP contribution in [0.2, 0.25) is 10.0 Å². The molecule has 0 amide bonds.